The average molecular weight is 228 g/mol. The SMILES string of the molecule is CC1C=C(C(F)(F)F)c2c(N)cccc2N1. The number of fused-ring (bicyclic) bond motifs is 1. The largest absolute Gasteiger partial charge is 0.416 e. The lowest BCUT2D eigenvalue weighted by molar-refractivity contribution is -0.0691. The molecule has 1 aromatic rings. The molecule has 5 heteroatoms. The molecular weight excluding hydrogens is 217 g/mol. The Bertz CT molecular complexity index is 449. The van der Waals surface area contributed by atoms with Crippen molar-refractivity contribution in [3.8, 4) is 0 Å². The molecule has 0 bridgehead atoms. The summed E-state index contributed by atoms with van der Waals surface area (Å²) in [7, 11) is 0. The molecule has 1 aromatic carbocycles. The molecule has 1 atom stereocenters. The van der Waals surface area contributed by atoms with E-state index in [0.717, 1.165) is 6.08 Å². The maximum absolute atomic E-state index is 12.8. The Morgan fingerprint density at radius 3 is 2.62 bits per heavy atom. The number of halogens is 3. The second kappa shape index (κ2) is 3.43. The van der Waals surface area contributed by atoms with E-state index in [1.807, 2.05) is 0 Å². The third kappa shape index (κ3) is 1.73. The molecule has 86 valence electrons. The Kier molecular flexibility index (Phi) is 2.33. The minimum absolute atomic E-state index is 0.0492. The van der Waals surface area contributed by atoms with E-state index in [4.69, 9.17) is 5.73 Å². The van der Waals surface area contributed by atoms with Crippen LogP contribution < -0.4 is 11.1 Å². The second-order valence-corrected chi connectivity index (χ2v) is 3.78. The van der Waals surface area contributed by atoms with E-state index < -0.39 is 11.7 Å². The molecule has 2 rings (SSSR count). The van der Waals surface area contributed by atoms with Crippen LogP contribution in [0.25, 0.3) is 5.57 Å². The summed E-state index contributed by atoms with van der Waals surface area (Å²) in [6, 6.07) is 4.34. The fourth-order valence-corrected chi connectivity index (χ4v) is 1.85. The third-order valence-corrected chi connectivity index (χ3v) is 2.47. The summed E-state index contributed by atoms with van der Waals surface area (Å²) in [5.41, 5.74) is 5.55. The molecule has 1 aliphatic heterocycles. The molecule has 0 saturated heterocycles. The van der Waals surface area contributed by atoms with Crippen molar-refractivity contribution in [1.82, 2.24) is 0 Å². The topological polar surface area (TPSA) is 38.0 Å². The number of anilines is 2. The van der Waals surface area contributed by atoms with Crippen molar-refractivity contribution in [3.63, 3.8) is 0 Å². The molecule has 0 amide bonds. The van der Waals surface area contributed by atoms with Crippen LogP contribution >= 0.6 is 0 Å². The highest BCUT2D eigenvalue weighted by molar-refractivity contribution is 5.89. The Hall–Kier alpha value is -1.65. The minimum Gasteiger partial charge on any atom is -0.398 e. The van der Waals surface area contributed by atoms with Gasteiger partial charge in [0.2, 0.25) is 0 Å². The van der Waals surface area contributed by atoms with E-state index in [9.17, 15) is 13.2 Å². The number of allylic oxidation sites excluding steroid dienone is 1. The number of alkyl halides is 3. The fourth-order valence-electron chi connectivity index (χ4n) is 1.85. The highest BCUT2D eigenvalue weighted by Gasteiger charge is 2.38. The lowest BCUT2D eigenvalue weighted by Gasteiger charge is -2.26. The summed E-state index contributed by atoms with van der Waals surface area (Å²) >= 11 is 0. The zero-order valence-corrected chi connectivity index (χ0v) is 8.60. The molecule has 16 heavy (non-hydrogen) atoms. The van der Waals surface area contributed by atoms with Gasteiger partial charge in [-0.2, -0.15) is 13.2 Å². The Labute approximate surface area is 90.9 Å². The minimum atomic E-state index is -4.37. The summed E-state index contributed by atoms with van der Waals surface area (Å²) in [5, 5.41) is 2.95. The average Bonchev–Trinajstić information content (AvgIpc) is 2.15. The highest BCUT2D eigenvalue weighted by Crippen LogP contribution is 2.42. The van der Waals surface area contributed by atoms with Crippen LogP contribution in [0.4, 0.5) is 24.5 Å². The van der Waals surface area contributed by atoms with Gasteiger partial charge < -0.3 is 11.1 Å². The first-order valence-electron chi connectivity index (χ1n) is 4.84. The molecule has 2 nitrogen and oxygen atoms in total. The van der Waals surface area contributed by atoms with Crippen molar-refractivity contribution >= 4 is 16.9 Å². The van der Waals surface area contributed by atoms with Gasteiger partial charge in [-0.15, -0.1) is 0 Å². The van der Waals surface area contributed by atoms with Crippen molar-refractivity contribution in [2.45, 2.75) is 19.1 Å². The zero-order chi connectivity index (χ0) is 11.9. The van der Waals surface area contributed by atoms with Crippen LogP contribution in [0.3, 0.4) is 0 Å². The first-order valence-corrected chi connectivity index (χ1v) is 4.84. The van der Waals surface area contributed by atoms with Crippen LogP contribution in [0, 0.1) is 0 Å². The molecule has 1 aliphatic rings. The number of hydrogen-bond donors (Lipinski definition) is 2. The van der Waals surface area contributed by atoms with Crippen LogP contribution in [0.5, 0.6) is 0 Å². The van der Waals surface area contributed by atoms with Crippen LogP contribution in [-0.2, 0) is 0 Å². The van der Waals surface area contributed by atoms with E-state index in [1.54, 1.807) is 19.1 Å². The normalized spacial score (nSPS) is 19.8. The van der Waals surface area contributed by atoms with Crippen LogP contribution in [0.15, 0.2) is 24.3 Å². The quantitative estimate of drug-likeness (QED) is 0.670. The first kappa shape index (κ1) is 10.9. The first-order chi connectivity index (χ1) is 7.39. The number of nitrogens with two attached hydrogens (primary N) is 1. The maximum atomic E-state index is 12.8. The van der Waals surface area contributed by atoms with Crippen molar-refractivity contribution in [1.29, 1.82) is 0 Å². The lowest BCUT2D eigenvalue weighted by Crippen LogP contribution is -2.24. The molecule has 0 saturated carbocycles. The molecule has 1 heterocycles. The smallest absolute Gasteiger partial charge is 0.398 e. The second-order valence-electron chi connectivity index (χ2n) is 3.78. The predicted molar refractivity (Wildman–Crippen MR) is 58.0 cm³/mol. The third-order valence-electron chi connectivity index (χ3n) is 2.47. The Morgan fingerprint density at radius 2 is 2.00 bits per heavy atom. The van der Waals surface area contributed by atoms with E-state index >= 15 is 0 Å². The zero-order valence-electron chi connectivity index (χ0n) is 8.60. The number of benzene rings is 1. The maximum Gasteiger partial charge on any atom is 0.416 e. The van der Waals surface area contributed by atoms with Gasteiger partial charge in [0.25, 0.3) is 0 Å². The summed E-state index contributed by atoms with van der Waals surface area (Å²) in [4.78, 5) is 0. The summed E-state index contributed by atoms with van der Waals surface area (Å²) in [5.74, 6) is 0. The molecule has 0 fully saturated rings. The van der Waals surface area contributed by atoms with Gasteiger partial charge in [-0.05, 0) is 25.1 Å². The standard InChI is InChI=1S/C11H11F3N2/c1-6-5-7(11(12,13)14)10-8(15)3-2-4-9(10)16-6/h2-6,16H,15H2,1H3. The molecule has 0 aromatic heterocycles. The molecule has 1 unspecified atom stereocenters. The fraction of sp³-hybridized carbons (Fsp3) is 0.273. The lowest BCUT2D eigenvalue weighted by atomic mass is 9.95. The van der Waals surface area contributed by atoms with Crippen molar-refractivity contribution < 1.29 is 13.2 Å². The number of nitrogens with one attached hydrogen (secondary N) is 1. The molecule has 0 radical (unpaired) electrons. The van der Waals surface area contributed by atoms with E-state index in [0.29, 0.717) is 5.69 Å². The van der Waals surface area contributed by atoms with Crippen molar-refractivity contribution in [2.24, 2.45) is 0 Å². The summed E-state index contributed by atoms with van der Waals surface area (Å²) in [6.45, 7) is 1.66. The number of nitrogen functional groups attached to an aromatic ring is 1. The van der Waals surface area contributed by atoms with Gasteiger partial charge in [-0.1, -0.05) is 6.07 Å². The van der Waals surface area contributed by atoms with Gasteiger partial charge in [-0.25, -0.2) is 0 Å². The van der Waals surface area contributed by atoms with E-state index in [2.05, 4.69) is 5.32 Å². The monoisotopic (exact) mass is 228 g/mol. The van der Waals surface area contributed by atoms with Gasteiger partial charge in [0.15, 0.2) is 0 Å². The molecule has 3 N–H and O–H groups in total. The Morgan fingerprint density at radius 1 is 1.31 bits per heavy atom. The van der Waals surface area contributed by atoms with Crippen LogP contribution in [-0.4, -0.2) is 12.2 Å². The van der Waals surface area contributed by atoms with Gasteiger partial charge in [0.05, 0.1) is 5.57 Å². The van der Waals surface area contributed by atoms with E-state index in [1.165, 1.54) is 6.07 Å². The van der Waals surface area contributed by atoms with E-state index in [-0.39, 0.29) is 17.3 Å². The van der Waals surface area contributed by atoms with Crippen LogP contribution in [0.1, 0.15) is 12.5 Å². The predicted octanol–water partition coefficient (Wildman–Crippen LogP) is 3.03. The summed E-state index contributed by atoms with van der Waals surface area (Å²) in [6.07, 6.45) is -3.22. The van der Waals surface area contributed by atoms with Gasteiger partial charge in [-0.3, -0.25) is 0 Å². The van der Waals surface area contributed by atoms with Gasteiger partial charge in [0.1, 0.15) is 0 Å². The molecule has 0 spiro atoms. The van der Waals surface area contributed by atoms with Crippen LogP contribution in [0.2, 0.25) is 0 Å². The number of rotatable bonds is 0. The molecular formula is C11H11F3N2. The Balaban J connectivity index is 2.63. The summed E-state index contributed by atoms with van der Waals surface area (Å²) < 4.78 is 38.5. The molecule has 0 aliphatic carbocycles. The van der Waals surface area contributed by atoms with Crippen molar-refractivity contribution in [2.75, 3.05) is 11.1 Å². The number of hydrogen-bond acceptors (Lipinski definition) is 2. The van der Waals surface area contributed by atoms with Gasteiger partial charge >= 0.3 is 6.18 Å². The van der Waals surface area contributed by atoms with Gasteiger partial charge in [0, 0.05) is 23.0 Å². The highest BCUT2D eigenvalue weighted by atomic mass is 19.4. The van der Waals surface area contributed by atoms with Crippen molar-refractivity contribution in [3.05, 3.63) is 29.8 Å².